The van der Waals surface area contributed by atoms with Crippen LogP contribution < -0.4 is 5.32 Å². The van der Waals surface area contributed by atoms with Crippen molar-refractivity contribution in [2.75, 3.05) is 18.8 Å². The molecule has 0 heterocycles. The lowest BCUT2D eigenvalue weighted by atomic mass is 9.74. The Morgan fingerprint density at radius 2 is 1.86 bits per heavy atom. The van der Waals surface area contributed by atoms with Crippen LogP contribution in [-0.2, 0) is 19.6 Å². The lowest BCUT2D eigenvalue weighted by Crippen LogP contribution is -2.57. The standard InChI is InChI=1S/C14H26N2O5S/c1-4-16(5-2)22(20,21)10-12(17)15-14(3)9-7-6-8-11(14)13(18)19/h11H,4-10H2,1-3H3,(H,15,17)(H,18,19). The summed E-state index contributed by atoms with van der Waals surface area (Å²) in [5, 5.41) is 12.0. The molecule has 1 rings (SSSR count). The van der Waals surface area contributed by atoms with Crippen LogP contribution in [0.15, 0.2) is 0 Å². The third-order valence-electron chi connectivity index (χ3n) is 4.34. The molecule has 0 aromatic rings. The summed E-state index contributed by atoms with van der Waals surface area (Å²) < 4.78 is 25.5. The Kier molecular flexibility index (Phi) is 6.37. The van der Waals surface area contributed by atoms with Gasteiger partial charge in [-0.3, -0.25) is 9.59 Å². The van der Waals surface area contributed by atoms with Crippen LogP contribution in [0, 0.1) is 5.92 Å². The second-order valence-electron chi connectivity index (χ2n) is 5.94. The molecule has 2 atom stereocenters. The summed E-state index contributed by atoms with van der Waals surface area (Å²) in [5.74, 6) is -2.91. The van der Waals surface area contributed by atoms with Crippen molar-refractivity contribution in [3.8, 4) is 0 Å². The summed E-state index contributed by atoms with van der Waals surface area (Å²) >= 11 is 0. The first-order chi connectivity index (χ1) is 10.2. The van der Waals surface area contributed by atoms with Crippen LogP contribution in [0.5, 0.6) is 0 Å². The van der Waals surface area contributed by atoms with Crippen molar-refractivity contribution < 1.29 is 23.1 Å². The zero-order valence-corrected chi connectivity index (χ0v) is 14.3. The maximum atomic E-state index is 12.1. The molecule has 1 fully saturated rings. The number of nitrogens with zero attached hydrogens (tertiary/aromatic N) is 1. The molecule has 0 saturated heterocycles. The topological polar surface area (TPSA) is 104 Å². The van der Waals surface area contributed by atoms with Gasteiger partial charge in [0.2, 0.25) is 15.9 Å². The van der Waals surface area contributed by atoms with E-state index in [0.717, 1.165) is 12.8 Å². The quantitative estimate of drug-likeness (QED) is 0.717. The van der Waals surface area contributed by atoms with E-state index in [1.807, 2.05) is 0 Å². The molecule has 22 heavy (non-hydrogen) atoms. The number of rotatable bonds is 7. The Morgan fingerprint density at radius 3 is 2.36 bits per heavy atom. The lowest BCUT2D eigenvalue weighted by Gasteiger charge is -2.39. The van der Waals surface area contributed by atoms with E-state index < -0.39 is 39.1 Å². The molecule has 0 aromatic heterocycles. The van der Waals surface area contributed by atoms with Crippen LogP contribution in [-0.4, -0.2) is 54.1 Å². The van der Waals surface area contributed by atoms with Gasteiger partial charge in [0.25, 0.3) is 0 Å². The second-order valence-corrected chi connectivity index (χ2v) is 7.91. The average molecular weight is 334 g/mol. The minimum Gasteiger partial charge on any atom is -0.481 e. The molecule has 1 saturated carbocycles. The summed E-state index contributed by atoms with van der Waals surface area (Å²) in [7, 11) is -3.66. The van der Waals surface area contributed by atoms with Gasteiger partial charge in [-0.15, -0.1) is 0 Å². The van der Waals surface area contributed by atoms with E-state index in [1.54, 1.807) is 20.8 Å². The maximum Gasteiger partial charge on any atom is 0.308 e. The zero-order chi connectivity index (χ0) is 17.0. The maximum absolute atomic E-state index is 12.1. The van der Waals surface area contributed by atoms with Gasteiger partial charge in [-0.25, -0.2) is 12.7 Å². The van der Waals surface area contributed by atoms with E-state index in [9.17, 15) is 23.1 Å². The van der Waals surface area contributed by atoms with Gasteiger partial charge in [0.05, 0.1) is 11.5 Å². The number of amides is 1. The normalized spacial score (nSPS) is 25.9. The van der Waals surface area contributed by atoms with E-state index in [2.05, 4.69) is 5.32 Å². The number of aliphatic carboxylic acids is 1. The number of sulfonamides is 1. The molecule has 7 nitrogen and oxygen atoms in total. The Bertz CT molecular complexity index is 515. The van der Waals surface area contributed by atoms with Crippen molar-refractivity contribution in [2.45, 2.75) is 52.0 Å². The second kappa shape index (κ2) is 7.41. The van der Waals surface area contributed by atoms with Gasteiger partial charge in [-0.1, -0.05) is 26.7 Å². The molecular weight excluding hydrogens is 308 g/mol. The Labute approximate surface area is 132 Å². The number of nitrogens with one attached hydrogen (secondary N) is 1. The molecule has 1 aliphatic rings. The molecule has 8 heteroatoms. The molecule has 0 aromatic carbocycles. The summed E-state index contributed by atoms with van der Waals surface area (Å²) in [4.78, 5) is 23.5. The number of carbonyl (C=O) groups excluding carboxylic acids is 1. The average Bonchev–Trinajstić information content (AvgIpc) is 2.38. The molecule has 0 spiro atoms. The highest BCUT2D eigenvalue weighted by molar-refractivity contribution is 7.89. The van der Waals surface area contributed by atoms with Crippen molar-refractivity contribution >= 4 is 21.9 Å². The van der Waals surface area contributed by atoms with Crippen LogP contribution in [0.2, 0.25) is 0 Å². The number of carboxylic acid groups (broad SMARTS) is 1. The van der Waals surface area contributed by atoms with Crippen molar-refractivity contribution in [1.82, 2.24) is 9.62 Å². The summed E-state index contributed by atoms with van der Waals surface area (Å²) in [6, 6.07) is 0. The van der Waals surface area contributed by atoms with Crippen LogP contribution in [0.25, 0.3) is 0 Å². The van der Waals surface area contributed by atoms with Gasteiger partial charge in [-0.2, -0.15) is 0 Å². The van der Waals surface area contributed by atoms with Crippen molar-refractivity contribution in [1.29, 1.82) is 0 Å². The Morgan fingerprint density at radius 1 is 1.27 bits per heavy atom. The van der Waals surface area contributed by atoms with E-state index >= 15 is 0 Å². The zero-order valence-electron chi connectivity index (χ0n) is 13.5. The molecule has 0 aliphatic heterocycles. The van der Waals surface area contributed by atoms with Crippen molar-refractivity contribution in [2.24, 2.45) is 5.92 Å². The first-order valence-corrected chi connectivity index (χ1v) is 9.28. The van der Waals surface area contributed by atoms with Crippen LogP contribution in [0.4, 0.5) is 0 Å². The number of hydrogen-bond acceptors (Lipinski definition) is 4. The molecule has 128 valence electrons. The first kappa shape index (κ1) is 18.9. The van der Waals surface area contributed by atoms with Crippen molar-refractivity contribution in [3.63, 3.8) is 0 Å². The minimum atomic E-state index is -3.66. The highest BCUT2D eigenvalue weighted by Gasteiger charge is 2.42. The predicted molar refractivity (Wildman–Crippen MR) is 82.8 cm³/mol. The molecular formula is C14H26N2O5S. The van der Waals surface area contributed by atoms with Crippen LogP contribution in [0.3, 0.4) is 0 Å². The SMILES string of the molecule is CCN(CC)S(=O)(=O)CC(=O)NC1(C)CCCCC1C(=O)O. The highest BCUT2D eigenvalue weighted by atomic mass is 32.2. The fourth-order valence-electron chi connectivity index (χ4n) is 3.11. The lowest BCUT2D eigenvalue weighted by molar-refractivity contribution is -0.146. The fourth-order valence-corrected chi connectivity index (χ4v) is 4.48. The van der Waals surface area contributed by atoms with Gasteiger partial charge in [0.1, 0.15) is 5.75 Å². The van der Waals surface area contributed by atoms with E-state index in [1.165, 1.54) is 4.31 Å². The summed E-state index contributed by atoms with van der Waals surface area (Å²) in [5.41, 5.74) is -0.889. The molecule has 2 N–H and O–H groups in total. The van der Waals surface area contributed by atoms with E-state index in [0.29, 0.717) is 25.9 Å². The minimum absolute atomic E-state index is 0.307. The predicted octanol–water partition coefficient (Wildman–Crippen LogP) is 0.808. The Hall–Kier alpha value is -1.15. The highest BCUT2D eigenvalue weighted by Crippen LogP contribution is 2.33. The molecule has 2 unspecified atom stereocenters. The fraction of sp³-hybridized carbons (Fsp3) is 0.857. The smallest absolute Gasteiger partial charge is 0.308 e. The van der Waals surface area contributed by atoms with Crippen LogP contribution in [0.1, 0.15) is 46.5 Å². The van der Waals surface area contributed by atoms with E-state index in [-0.39, 0.29) is 0 Å². The number of carboxylic acids is 1. The van der Waals surface area contributed by atoms with Crippen LogP contribution >= 0.6 is 0 Å². The summed E-state index contributed by atoms with van der Waals surface area (Å²) in [6.07, 6.45) is 2.67. The van der Waals surface area contributed by atoms with Gasteiger partial charge >= 0.3 is 5.97 Å². The number of carbonyl (C=O) groups is 2. The van der Waals surface area contributed by atoms with Crippen molar-refractivity contribution in [3.05, 3.63) is 0 Å². The van der Waals surface area contributed by atoms with Gasteiger partial charge in [0, 0.05) is 13.1 Å². The number of hydrogen-bond donors (Lipinski definition) is 2. The van der Waals surface area contributed by atoms with Gasteiger partial charge in [0.15, 0.2) is 0 Å². The molecule has 1 aliphatic carbocycles. The van der Waals surface area contributed by atoms with E-state index in [4.69, 9.17) is 0 Å². The van der Waals surface area contributed by atoms with Gasteiger partial charge in [-0.05, 0) is 19.8 Å². The molecule has 0 radical (unpaired) electrons. The molecule has 1 amide bonds. The van der Waals surface area contributed by atoms with Gasteiger partial charge < -0.3 is 10.4 Å². The molecule has 0 bridgehead atoms. The Balaban J connectivity index is 2.80. The largest absolute Gasteiger partial charge is 0.481 e. The summed E-state index contributed by atoms with van der Waals surface area (Å²) in [6.45, 7) is 5.72. The third kappa shape index (κ3) is 4.42. The first-order valence-electron chi connectivity index (χ1n) is 7.68. The third-order valence-corrected chi connectivity index (χ3v) is 6.27. The monoisotopic (exact) mass is 334 g/mol.